The summed E-state index contributed by atoms with van der Waals surface area (Å²) >= 11 is 12.7. The van der Waals surface area contributed by atoms with Gasteiger partial charge in [-0.3, -0.25) is 9.59 Å². The monoisotopic (exact) mass is 547 g/mol. The van der Waals surface area contributed by atoms with E-state index in [1.165, 1.54) is 0 Å². The molecule has 0 bridgehead atoms. The summed E-state index contributed by atoms with van der Waals surface area (Å²) < 4.78 is 2.10. The predicted molar refractivity (Wildman–Crippen MR) is 158 cm³/mol. The van der Waals surface area contributed by atoms with Gasteiger partial charge in [-0.2, -0.15) is 0 Å². The molecule has 6 heteroatoms. The van der Waals surface area contributed by atoms with Crippen molar-refractivity contribution >= 4 is 56.7 Å². The van der Waals surface area contributed by atoms with Gasteiger partial charge >= 0.3 is 0 Å². The second kappa shape index (κ2) is 10.1. The highest BCUT2D eigenvalue weighted by Gasteiger charge is 2.20. The second-order valence-electron chi connectivity index (χ2n) is 9.28. The van der Waals surface area contributed by atoms with Gasteiger partial charge in [-0.05, 0) is 53.6 Å². The van der Waals surface area contributed by atoms with E-state index < -0.39 is 5.91 Å². The van der Waals surface area contributed by atoms with Crippen molar-refractivity contribution in [3.63, 3.8) is 0 Å². The fraction of sp³-hybridized carbons (Fsp3) is 0.0303. The minimum Gasteiger partial charge on any atom is -0.366 e. The van der Waals surface area contributed by atoms with E-state index in [0.717, 1.165) is 38.5 Å². The van der Waals surface area contributed by atoms with Gasteiger partial charge in [-0.15, -0.1) is 0 Å². The first-order valence-corrected chi connectivity index (χ1v) is 13.1. The molecule has 1 heterocycles. The van der Waals surface area contributed by atoms with E-state index in [4.69, 9.17) is 28.9 Å². The number of carbonyl (C=O) groups is 2. The highest BCUT2D eigenvalue weighted by atomic mass is 35.5. The average molecular weight is 548 g/mol. The van der Waals surface area contributed by atoms with Crippen LogP contribution < -0.4 is 5.73 Å². The van der Waals surface area contributed by atoms with E-state index in [2.05, 4.69) is 10.6 Å². The summed E-state index contributed by atoms with van der Waals surface area (Å²) in [6.07, 6.45) is 0. The Morgan fingerprint density at radius 3 is 2.31 bits per heavy atom. The number of hydrogen-bond acceptors (Lipinski definition) is 2. The standard InChI is InChI=1S/C33H21Cl2N2O2/c34-23-14-16-24(28(35)18-23)21-13-15-26-30(17-21)37(29-12-6-11-27(31(26)29)33(36)39)19-22-9-4-5-10-25(22)32(38)20-7-2-1-3-8-20/h1-14,16-18H,19H2,(H2,36,39). The fourth-order valence-electron chi connectivity index (χ4n) is 5.11. The zero-order valence-electron chi connectivity index (χ0n) is 20.6. The highest BCUT2D eigenvalue weighted by molar-refractivity contribution is 6.36. The summed E-state index contributed by atoms with van der Waals surface area (Å²) in [5.41, 5.74) is 11.6. The van der Waals surface area contributed by atoms with Crippen LogP contribution in [0.1, 0.15) is 31.8 Å². The van der Waals surface area contributed by atoms with E-state index >= 15 is 0 Å². The number of ketones is 1. The zero-order chi connectivity index (χ0) is 27.1. The van der Waals surface area contributed by atoms with Crippen molar-refractivity contribution in [3.05, 3.63) is 141 Å². The van der Waals surface area contributed by atoms with E-state index in [9.17, 15) is 9.59 Å². The number of carbonyl (C=O) groups excluding carboxylic acids is 2. The number of nitrogens with two attached hydrogens (primary N) is 1. The van der Waals surface area contributed by atoms with Gasteiger partial charge in [0, 0.05) is 49.6 Å². The van der Waals surface area contributed by atoms with Crippen molar-refractivity contribution < 1.29 is 9.59 Å². The molecule has 5 aromatic carbocycles. The third-order valence-electron chi connectivity index (χ3n) is 6.93. The molecular weight excluding hydrogens is 527 g/mol. The second-order valence-corrected chi connectivity index (χ2v) is 10.1. The van der Waals surface area contributed by atoms with Gasteiger partial charge in [0.05, 0.1) is 11.0 Å². The van der Waals surface area contributed by atoms with Crippen molar-refractivity contribution in [2.75, 3.05) is 0 Å². The van der Waals surface area contributed by atoms with Crippen LogP contribution in [0, 0.1) is 6.07 Å². The summed E-state index contributed by atoms with van der Waals surface area (Å²) in [7, 11) is 0. The van der Waals surface area contributed by atoms with Crippen molar-refractivity contribution in [1.29, 1.82) is 0 Å². The summed E-state index contributed by atoms with van der Waals surface area (Å²) in [5, 5.41) is 2.56. The SMILES string of the molecule is NC(=O)c1cccc2c1c1[c]cc(-c3ccc(Cl)cc3Cl)cc1n2Cc1ccccc1C(=O)c1ccccc1. The summed E-state index contributed by atoms with van der Waals surface area (Å²) in [6, 6.07) is 34.9. The largest absolute Gasteiger partial charge is 0.366 e. The molecule has 0 saturated heterocycles. The van der Waals surface area contributed by atoms with Crippen molar-refractivity contribution in [1.82, 2.24) is 4.57 Å². The number of amides is 1. The molecule has 2 N–H and O–H groups in total. The number of rotatable bonds is 6. The highest BCUT2D eigenvalue weighted by Crippen LogP contribution is 2.37. The number of primary amides is 1. The minimum atomic E-state index is -0.516. The Morgan fingerprint density at radius 2 is 1.54 bits per heavy atom. The Labute approximate surface area is 235 Å². The summed E-state index contributed by atoms with van der Waals surface area (Å²) in [6.45, 7) is 0.391. The lowest BCUT2D eigenvalue weighted by Gasteiger charge is -2.13. The maximum absolute atomic E-state index is 13.5. The lowest BCUT2D eigenvalue weighted by atomic mass is 9.98. The van der Waals surface area contributed by atoms with E-state index in [1.807, 2.05) is 84.9 Å². The van der Waals surface area contributed by atoms with Crippen LogP contribution in [0.2, 0.25) is 10.0 Å². The molecule has 0 fully saturated rings. The number of benzene rings is 5. The maximum atomic E-state index is 13.5. The van der Waals surface area contributed by atoms with Gasteiger partial charge in [-0.1, -0.05) is 89.9 Å². The van der Waals surface area contributed by atoms with Crippen LogP contribution in [0.4, 0.5) is 0 Å². The first-order valence-electron chi connectivity index (χ1n) is 12.3. The van der Waals surface area contributed by atoms with Crippen LogP contribution in [0.25, 0.3) is 32.9 Å². The minimum absolute atomic E-state index is 0.0509. The van der Waals surface area contributed by atoms with Crippen molar-refractivity contribution in [3.8, 4) is 11.1 Å². The molecular formula is C33H21Cl2N2O2. The van der Waals surface area contributed by atoms with E-state index in [0.29, 0.717) is 33.3 Å². The molecule has 1 radical (unpaired) electrons. The topological polar surface area (TPSA) is 65.1 Å². The summed E-state index contributed by atoms with van der Waals surface area (Å²) in [5.74, 6) is -0.567. The third-order valence-corrected chi connectivity index (χ3v) is 7.48. The van der Waals surface area contributed by atoms with Gasteiger partial charge in [0.25, 0.3) is 0 Å². The molecule has 1 aromatic heterocycles. The van der Waals surface area contributed by atoms with Crippen LogP contribution in [-0.2, 0) is 6.54 Å². The maximum Gasteiger partial charge on any atom is 0.249 e. The molecule has 0 aliphatic carbocycles. The van der Waals surface area contributed by atoms with Gasteiger partial charge in [-0.25, -0.2) is 0 Å². The first-order chi connectivity index (χ1) is 18.9. The van der Waals surface area contributed by atoms with Crippen LogP contribution in [0.3, 0.4) is 0 Å². The quantitative estimate of drug-likeness (QED) is 0.215. The first kappa shape index (κ1) is 24.9. The zero-order valence-corrected chi connectivity index (χ0v) is 22.1. The van der Waals surface area contributed by atoms with Crippen molar-refractivity contribution in [2.45, 2.75) is 6.54 Å². The molecule has 0 atom stereocenters. The molecule has 0 unspecified atom stereocenters. The molecule has 189 valence electrons. The lowest BCUT2D eigenvalue weighted by Crippen LogP contribution is -2.11. The Bertz CT molecular complexity index is 1910. The molecule has 39 heavy (non-hydrogen) atoms. The Balaban J connectivity index is 1.58. The molecule has 0 spiro atoms. The predicted octanol–water partition coefficient (Wildman–Crippen LogP) is 7.95. The number of hydrogen-bond donors (Lipinski definition) is 1. The van der Waals surface area contributed by atoms with Gasteiger partial charge in [0.1, 0.15) is 0 Å². The molecule has 6 aromatic rings. The smallest absolute Gasteiger partial charge is 0.249 e. The van der Waals surface area contributed by atoms with Gasteiger partial charge < -0.3 is 10.3 Å². The molecule has 4 nitrogen and oxygen atoms in total. The van der Waals surface area contributed by atoms with E-state index in [-0.39, 0.29) is 5.78 Å². The Kier molecular flexibility index (Phi) is 6.43. The van der Waals surface area contributed by atoms with E-state index in [1.54, 1.807) is 18.2 Å². The van der Waals surface area contributed by atoms with Crippen molar-refractivity contribution in [2.24, 2.45) is 5.73 Å². The van der Waals surface area contributed by atoms with Gasteiger partial charge in [0.15, 0.2) is 5.78 Å². The summed E-state index contributed by atoms with van der Waals surface area (Å²) in [4.78, 5) is 25.9. The van der Waals surface area contributed by atoms with Gasteiger partial charge in [0.2, 0.25) is 5.91 Å². The lowest BCUT2D eigenvalue weighted by molar-refractivity contribution is 0.1000. The van der Waals surface area contributed by atoms with Crippen LogP contribution in [-0.4, -0.2) is 16.3 Å². The fourth-order valence-corrected chi connectivity index (χ4v) is 5.62. The number of nitrogens with zero attached hydrogens (tertiary/aromatic N) is 1. The Hall–Kier alpha value is -4.38. The van der Waals surface area contributed by atoms with Crippen LogP contribution in [0.15, 0.2) is 103 Å². The third kappa shape index (κ3) is 4.48. The molecule has 0 aliphatic rings. The molecule has 0 saturated carbocycles. The molecule has 6 rings (SSSR count). The molecule has 0 aliphatic heterocycles. The molecule has 1 amide bonds. The Morgan fingerprint density at radius 1 is 0.795 bits per heavy atom. The van der Waals surface area contributed by atoms with Crippen LogP contribution >= 0.6 is 23.2 Å². The number of aromatic nitrogens is 1. The number of fused-ring (bicyclic) bond motifs is 3. The van der Waals surface area contributed by atoms with Crippen LogP contribution in [0.5, 0.6) is 0 Å². The average Bonchev–Trinajstić information content (AvgIpc) is 3.26. The normalized spacial score (nSPS) is 11.2. The number of halogens is 2.